The summed E-state index contributed by atoms with van der Waals surface area (Å²) in [5, 5.41) is 42.2. The quantitative estimate of drug-likeness (QED) is 0.379. The molecule has 0 amide bonds. The first-order chi connectivity index (χ1) is 13.2. The first kappa shape index (κ1) is 19.9. The number of ether oxygens (including phenoxy) is 1. The lowest BCUT2D eigenvalue weighted by molar-refractivity contribution is -0.386. The minimum atomic E-state index is -1.96. The maximum atomic E-state index is 12.5. The number of benzene rings is 1. The van der Waals surface area contributed by atoms with Crippen LogP contribution in [-0.2, 0) is 10.5 Å². The van der Waals surface area contributed by atoms with Crippen LogP contribution >= 0.6 is 0 Å². The van der Waals surface area contributed by atoms with Crippen LogP contribution in [0.5, 0.6) is 0 Å². The second kappa shape index (κ2) is 7.28. The highest BCUT2D eigenvalue weighted by Gasteiger charge is 2.59. The van der Waals surface area contributed by atoms with Crippen molar-refractivity contribution in [2.24, 2.45) is 0 Å². The van der Waals surface area contributed by atoms with Gasteiger partial charge in [-0.05, 0) is 6.07 Å². The van der Waals surface area contributed by atoms with Gasteiger partial charge in [0.25, 0.3) is 5.69 Å². The molecule has 1 aromatic heterocycles. The third-order valence-corrected chi connectivity index (χ3v) is 5.07. The number of nitro groups is 1. The Morgan fingerprint density at radius 3 is 2.64 bits per heavy atom. The molecule has 11 nitrogen and oxygen atoms in total. The summed E-state index contributed by atoms with van der Waals surface area (Å²) in [6, 6.07) is 7.09. The second-order valence-electron chi connectivity index (χ2n) is 6.57. The Morgan fingerprint density at radius 2 is 2.07 bits per heavy atom. The van der Waals surface area contributed by atoms with Crippen LogP contribution in [0.25, 0.3) is 0 Å². The normalized spacial score (nSPS) is 28.2. The highest BCUT2D eigenvalue weighted by Crippen LogP contribution is 2.47. The Balaban J connectivity index is 2.27. The highest BCUT2D eigenvalue weighted by molar-refractivity contribution is 5.43. The van der Waals surface area contributed by atoms with Crippen LogP contribution in [0.15, 0.2) is 41.3 Å². The van der Waals surface area contributed by atoms with Crippen LogP contribution in [-0.4, -0.2) is 54.7 Å². The van der Waals surface area contributed by atoms with Gasteiger partial charge in [-0.25, -0.2) is 4.79 Å². The van der Waals surface area contributed by atoms with Crippen molar-refractivity contribution < 1.29 is 25.0 Å². The van der Waals surface area contributed by atoms with Gasteiger partial charge in [0.2, 0.25) is 0 Å². The van der Waals surface area contributed by atoms with E-state index in [0.29, 0.717) is 0 Å². The summed E-state index contributed by atoms with van der Waals surface area (Å²) in [6.45, 7) is 0.877. The first-order valence-corrected chi connectivity index (χ1v) is 8.47. The number of para-hydroxylation sites is 1. The fourth-order valence-electron chi connectivity index (χ4n) is 3.67. The van der Waals surface area contributed by atoms with E-state index in [9.17, 15) is 30.2 Å². The highest BCUT2D eigenvalue weighted by atomic mass is 16.6. The van der Waals surface area contributed by atoms with Crippen molar-refractivity contribution in [3.63, 3.8) is 0 Å². The van der Waals surface area contributed by atoms with Crippen LogP contribution in [0.2, 0.25) is 0 Å². The van der Waals surface area contributed by atoms with Crippen molar-refractivity contribution in [2.45, 2.75) is 36.9 Å². The number of nitro benzene ring substituents is 1. The van der Waals surface area contributed by atoms with Gasteiger partial charge in [-0.1, -0.05) is 25.1 Å². The van der Waals surface area contributed by atoms with Crippen LogP contribution in [0.1, 0.15) is 18.4 Å². The van der Waals surface area contributed by atoms with Gasteiger partial charge in [0.05, 0.1) is 11.5 Å². The molecule has 0 radical (unpaired) electrons. The second-order valence-corrected chi connectivity index (χ2v) is 6.57. The van der Waals surface area contributed by atoms with E-state index in [0.717, 1.165) is 4.57 Å². The predicted octanol–water partition coefficient (Wildman–Crippen LogP) is -0.697. The molecular formula is C17H20N4O7. The summed E-state index contributed by atoms with van der Waals surface area (Å²) < 4.78 is 6.73. The zero-order valence-electron chi connectivity index (χ0n) is 14.9. The molecule has 1 unspecified atom stereocenters. The number of anilines is 1. The van der Waals surface area contributed by atoms with Crippen molar-refractivity contribution in [2.75, 3.05) is 12.3 Å². The molecule has 1 aromatic carbocycles. The molecule has 11 heteroatoms. The van der Waals surface area contributed by atoms with E-state index in [-0.39, 0.29) is 17.1 Å². The predicted molar refractivity (Wildman–Crippen MR) is 96.4 cm³/mol. The van der Waals surface area contributed by atoms with Gasteiger partial charge in [-0.3, -0.25) is 14.7 Å². The van der Waals surface area contributed by atoms with E-state index in [4.69, 9.17) is 10.5 Å². The maximum Gasteiger partial charge on any atom is 0.351 e. The van der Waals surface area contributed by atoms with Gasteiger partial charge in [0, 0.05) is 23.7 Å². The molecule has 0 aliphatic carbocycles. The molecule has 2 aromatic rings. The zero-order chi connectivity index (χ0) is 20.6. The van der Waals surface area contributed by atoms with Crippen LogP contribution < -0.4 is 11.4 Å². The van der Waals surface area contributed by atoms with Gasteiger partial charge < -0.3 is 25.8 Å². The number of hydrogen-bond donors (Lipinski definition) is 4. The van der Waals surface area contributed by atoms with E-state index in [1.54, 1.807) is 6.07 Å². The van der Waals surface area contributed by atoms with Gasteiger partial charge >= 0.3 is 5.69 Å². The fraction of sp³-hybridized carbons (Fsp3) is 0.412. The summed E-state index contributed by atoms with van der Waals surface area (Å²) in [5.41, 5.74) is 2.61. The Kier molecular flexibility index (Phi) is 5.17. The molecule has 2 heterocycles. The van der Waals surface area contributed by atoms with E-state index in [1.807, 2.05) is 0 Å². The van der Waals surface area contributed by atoms with Crippen LogP contribution in [0.4, 0.5) is 11.5 Å². The fourth-order valence-corrected chi connectivity index (χ4v) is 3.67. The summed E-state index contributed by atoms with van der Waals surface area (Å²) in [6.07, 6.45) is -3.22. The molecule has 1 aliphatic rings. The SMILES string of the molecule is CC(c1ccccc1[N+](=O)[O-])[C@@]1(n2ccc(N)nc2=O)O[C@H](CO)[C@@H](O)[C@H]1O. The Hall–Kier alpha value is -2.86. The van der Waals surface area contributed by atoms with Crippen molar-refractivity contribution >= 4 is 11.5 Å². The molecule has 1 saturated heterocycles. The molecule has 1 fully saturated rings. The monoisotopic (exact) mass is 392 g/mol. The van der Waals surface area contributed by atoms with Crippen LogP contribution in [0, 0.1) is 10.1 Å². The summed E-state index contributed by atoms with van der Waals surface area (Å²) in [4.78, 5) is 27.0. The van der Waals surface area contributed by atoms with Crippen molar-refractivity contribution in [3.05, 3.63) is 62.7 Å². The lowest BCUT2D eigenvalue weighted by Crippen LogP contribution is -2.53. The van der Waals surface area contributed by atoms with E-state index in [1.165, 1.54) is 37.4 Å². The number of nitrogen functional groups attached to an aromatic ring is 1. The van der Waals surface area contributed by atoms with Gasteiger partial charge in [0.1, 0.15) is 24.1 Å². The minimum absolute atomic E-state index is 0.0681. The average molecular weight is 392 g/mol. The Morgan fingerprint density at radius 1 is 1.39 bits per heavy atom. The van der Waals surface area contributed by atoms with E-state index >= 15 is 0 Å². The van der Waals surface area contributed by atoms with Gasteiger partial charge in [0.15, 0.2) is 5.72 Å². The van der Waals surface area contributed by atoms with Crippen molar-refractivity contribution in [1.29, 1.82) is 0 Å². The molecule has 0 saturated carbocycles. The van der Waals surface area contributed by atoms with Crippen molar-refractivity contribution in [3.8, 4) is 0 Å². The minimum Gasteiger partial charge on any atom is -0.394 e. The lowest BCUT2D eigenvalue weighted by Gasteiger charge is -2.38. The van der Waals surface area contributed by atoms with Crippen molar-refractivity contribution in [1.82, 2.24) is 9.55 Å². The lowest BCUT2D eigenvalue weighted by atomic mass is 9.84. The largest absolute Gasteiger partial charge is 0.394 e. The van der Waals surface area contributed by atoms with E-state index < -0.39 is 47.2 Å². The number of aliphatic hydroxyl groups is 3. The van der Waals surface area contributed by atoms with Crippen LogP contribution in [0.3, 0.4) is 0 Å². The summed E-state index contributed by atoms with van der Waals surface area (Å²) in [5.74, 6) is -1.06. The number of nitrogens with zero attached hydrogens (tertiary/aromatic N) is 3. The molecule has 28 heavy (non-hydrogen) atoms. The van der Waals surface area contributed by atoms with Gasteiger partial charge in [-0.2, -0.15) is 4.98 Å². The number of rotatable bonds is 5. The smallest absolute Gasteiger partial charge is 0.351 e. The summed E-state index contributed by atoms with van der Waals surface area (Å²) in [7, 11) is 0. The topological polar surface area (TPSA) is 174 Å². The maximum absolute atomic E-state index is 12.5. The number of hydrogen-bond acceptors (Lipinski definition) is 9. The Bertz CT molecular complexity index is 949. The summed E-state index contributed by atoms with van der Waals surface area (Å²) >= 11 is 0. The molecular weight excluding hydrogens is 372 g/mol. The molecule has 1 aliphatic heterocycles. The third-order valence-electron chi connectivity index (χ3n) is 5.07. The zero-order valence-corrected chi connectivity index (χ0v) is 14.9. The first-order valence-electron chi connectivity index (χ1n) is 8.47. The average Bonchev–Trinajstić information content (AvgIpc) is 2.93. The molecule has 0 bridgehead atoms. The molecule has 5 atom stereocenters. The van der Waals surface area contributed by atoms with Gasteiger partial charge in [-0.15, -0.1) is 0 Å². The number of aliphatic hydroxyl groups excluding tert-OH is 3. The van der Waals surface area contributed by atoms with E-state index in [2.05, 4.69) is 4.98 Å². The molecule has 0 spiro atoms. The number of nitrogens with two attached hydrogens (primary N) is 1. The standard InChI is InChI=1S/C17H20N4O7/c1-9(10-4-2-3-5-11(10)21(26)27)17(15(24)14(23)12(8-22)28-17)20-7-6-13(18)19-16(20)25/h2-7,9,12,14-15,22-24H,8H2,1H3,(H2,18,19,25)/t9?,12-,14-,15-,17-/m1/s1. The molecule has 5 N–H and O–H groups in total. The Labute approximate surface area is 158 Å². The number of aromatic nitrogens is 2. The third kappa shape index (κ3) is 2.94. The molecule has 3 rings (SSSR count). The molecule has 150 valence electrons.